The smallest absolute Gasteiger partial charge is 0.216 e. The number of oxazole rings is 1. The van der Waals surface area contributed by atoms with Crippen LogP contribution in [0.4, 0.5) is 0 Å². The van der Waals surface area contributed by atoms with Crippen molar-refractivity contribution in [3.8, 4) is 0 Å². The van der Waals surface area contributed by atoms with E-state index in [1.165, 1.54) is 38.9 Å². The zero-order valence-corrected chi connectivity index (χ0v) is 15.0. The molecule has 6 nitrogen and oxygen atoms in total. The van der Waals surface area contributed by atoms with Crippen LogP contribution >= 0.6 is 0 Å². The van der Waals surface area contributed by atoms with Gasteiger partial charge >= 0.3 is 0 Å². The van der Waals surface area contributed by atoms with Crippen LogP contribution in [0.3, 0.4) is 0 Å². The first-order valence-corrected chi connectivity index (χ1v) is 8.82. The molecule has 1 aromatic heterocycles. The highest BCUT2D eigenvalue weighted by molar-refractivity contribution is 5.80. The van der Waals surface area contributed by atoms with E-state index in [1.807, 2.05) is 13.8 Å². The van der Waals surface area contributed by atoms with Crippen molar-refractivity contribution < 1.29 is 4.42 Å². The summed E-state index contributed by atoms with van der Waals surface area (Å²) in [5.41, 5.74) is 0.941. The first kappa shape index (κ1) is 17.8. The fourth-order valence-corrected chi connectivity index (χ4v) is 2.88. The molecule has 6 heteroatoms. The van der Waals surface area contributed by atoms with Crippen LogP contribution in [0.25, 0.3) is 0 Å². The first-order valence-electron chi connectivity index (χ1n) is 8.82. The zero-order chi connectivity index (χ0) is 16.7. The average molecular weight is 321 g/mol. The Morgan fingerprint density at radius 1 is 1.30 bits per heavy atom. The molecular weight excluding hydrogens is 290 g/mol. The Balaban J connectivity index is 1.87. The highest BCUT2D eigenvalue weighted by Crippen LogP contribution is 2.11. The van der Waals surface area contributed by atoms with Crippen molar-refractivity contribution in [2.75, 3.05) is 26.2 Å². The summed E-state index contributed by atoms with van der Waals surface area (Å²) in [6.45, 7) is 13.1. The summed E-state index contributed by atoms with van der Waals surface area (Å²) in [4.78, 5) is 11.5. The minimum absolute atomic E-state index is 0.471. The monoisotopic (exact) mass is 321 g/mol. The van der Waals surface area contributed by atoms with E-state index < -0.39 is 0 Å². The number of piperidine rings is 1. The van der Waals surface area contributed by atoms with Gasteiger partial charge in [-0.05, 0) is 46.6 Å². The second kappa shape index (κ2) is 8.91. The lowest BCUT2D eigenvalue weighted by Crippen LogP contribution is -2.48. The Bertz CT molecular complexity index is 484. The van der Waals surface area contributed by atoms with Gasteiger partial charge in [0.05, 0.1) is 5.69 Å². The molecule has 0 atom stereocenters. The second-order valence-electron chi connectivity index (χ2n) is 6.20. The Hall–Kier alpha value is -1.56. The highest BCUT2D eigenvalue weighted by atomic mass is 16.4. The van der Waals surface area contributed by atoms with E-state index in [0.717, 1.165) is 24.0 Å². The molecule has 2 heterocycles. The lowest BCUT2D eigenvalue weighted by atomic mass is 10.1. The fraction of sp³-hybridized carbons (Fsp3) is 0.765. The molecule has 1 aromatic rings. The molecule has 0 bridgehead atoms. The molecule has 0 amide bonds. The summed E-state index contributed by atoms with van der Waals surface area (Å²) < 4.78 is 5.59. The summed E-state index contributed by atoms with van der Waals surface area (Å²) in [7, 11) is 0. The van der Waals surface area contributed by atoms with Crippen molar-refractivity contribution in [1.82, 2.24) is 20.5 Å². The van der Waals surface area contributed by atoms with Crippen molar-refractivity contribution in [3.05, 3.63) is 17.3 Å². The molecule has 1 aliphatic rings. The third-order valence-corrected chi connectivity index (χ3v) is 4.26. The molecule has 1 aliphatic heterocycles. The van der Waals surface area contributed by atoms with Crippen molar-refractivity contribution in [3.63, 3.8) is 0 Å². The summed E-state index contributed by atoms with van der Waals surface area (Å²) >= 11 is 0. The number of aromatic nitrogens is 1. The molecule has 1 saturated heterocycles. The fourth-order valence-electron chi connectivity index (χ4n) is 2.88. The van der Waals surface area contributed by atoms with E-state index >= 15 is 0 Å². The van der Waals surface area contributed by atoms with Crippen LogP contribution in [0.5, 0.6) is 0 Å². The maximum absolute atomic E-state index is 5.59. The molecule has 0 aromatic carbocycles. The molecule has 0 aliphatic carbocycles. The van der Waals surface area contributed by atoms with Gasteiger partial charge in [0.15, 0.2) is 5.96 Å². The lowest BCUT2D eigenvalue weighted by Gasteiger charge is -2.32. The van der Waals surface area contributed by atoms with E-state index in [2.05, 4.69) is 39.4 Å². The van der Waals surface area contributed by atoms with Gasteiger partial charge in [-0.2, -0.15) is 0 Å². The molecule has 2 N–H and O–H groups in total. The highest BCUT2D eigenvalue weighted by Gasteiger charge is 2.19. The van der Waals surface area contributed by atoms with E-state index in [4.69, 9.17) is 4.42 Å². The van der Waals surface area contributed by atoms with Crippen LogP contribution in [-0.4, -0.2) is 48.1 Å². The Morgan fingerprint density at radius 3 is 2.61 bits per heavy atom. The van der Waals surface area contributed by atoms with Gasteiger partial charge in [-0.15, -0.1) is 0 Å². The van der Waals surface area contributed by atoms with Gasteiger partial charge in [-0.25, -0.2) is 9.98 Å². The molecule has 2 rings (SSSR count). The predicted molar refractivity (Wildman–Crippen MR) is 93.7 cm³/mol. The quantitative estimate of drug-likeness (QED) is 0.621. The largest absolute Gasteiger partial charge is 0.444 e. The first-order chi connectivity index (χ1) is 11.1. The van der Waals surface area contributed by atoms with Crippen LogP contribution in [-0.2, 0) is 6.54 Å². The minimum Gasteiger partial charge on any atom is -0.444 e. The Labute approximate surface area is 139 Å². The van der Waals surface area contributed by atoms with E-state index in [9.17, 15) is 0 Å². The van der Waals surface area contributed by atoms with Gasteiger partial charge in [0.1, 0.15) is 12.3 Å². The Morgan fingerprint density at radius 2 is 2.04 bits per heavy atom. The van der Waals surface area contributed by atoms with Crippen LogP contribution in [0.1, 0.15) is 50.5 Å². The number of hydrogen-bond acceptors (Lipinski definition) is 4. The number of aliphatic imine (C=N–C) groups is 1. The van der Waals surface area contributed by atoms with Crippen molar-refractivity contribution in [1.29, 1.82) is 0 Å². The second-order valence-corrected chi connectivity index (χ2v) is 6.20. The topological polar surface area (TPSA) is 65.7 Å². The number of guanidine groups is 1. The molecular formula is C17H31N5O. The van der Waals surface area contributed by atoms with Crippen LogP contribution in [0.2, 0.25) is 0 Å². The molecule has 0 spiro atoms. The standard InChI is InChI=1S/C17H31N5O/c1-5-9-22-10-7-15(8-11-22)21-17(18-6-2)19-12-16-20-13(3)14(4)23-16/h15H,5-12H2,1-4H3,(H2,18,19,21). The zero-order valence-electron chi connectivity index (χ0n) is 15.0. The third kappa shape index (κ3) is 5.53. The van der Waals surface area contributed by atoms with Gasteiger partial charge in [-0.3, -0.25) is 0 Å². The van der Waals surface area contributed by atoms with Crippen molar-refractivity contribution in [2.45, 2.75) is 59.5 Å². The van der Waals surface area contributed by atoms with Crippen molar-refractivity contribution >= 4 is 5.96 Å². The maximum Gasteiger partial charge on any atom is 0.216 e. The van der Waals surface area contributed by atoms with Gasteiger partial charge in [0, 0.05) is 25.7 Å². The summed E-state index contributed by atoms with van der Waals surface area (Å²) in [5.74, 6) is 2.40. The summed E-state index contributed by atoms with van der Waals surface area (Å²) in [6, 6.07) is 0.494. The molecule has 1 fully saturated rings. The molecule has 23 heavy (non-hydrogen) atoms. The number of aryl methyl sites for hydroxylation is 2. The van der Waals surface area contributed by atoms with Gasteiger partial charge in [0.25, 0.3) is 0 Å². The summed E-state index contributed by atoms with van der Waals surface area (Å²) in [5, 5.41) is 6.87. The number of nitrogens with zero attached hydrogens (tertiary/aromatic N) is 3. The normalized spacial score (nSPS) is 17.5. The van der Waals surface area contributed by atoms with Crippen molar-refractivity contribution in [2.24, 2.45) is 4.99 Å². The van der Waals surface area contributed by atoms with Gasteiger partial charge in [0.2, 0.25) is 5.89 Å². The Kier molecular flexibility index (Phi) is 6.89. The third-order valence-electron chi connectivity index (χ3n) is 4.26. The van der Waals surface area contributed by atoms with Crippen LogP contribution in [0, 0.1) is 13.8 Å². The lowest BCUT2D eigenvalue weighted by molar-refractivity contribution is 0.206. The SMILES string of the molecule is CCCN1CCC(NC(=NCc2nc(C)c(C)o2)NCC)CC1. The van der Waals surface area contributed by atoms with E-state index in [-0.39, 0.29) is 0 Å². The average Bonchev–Trinajstić information content (AvgIpc) is 2.86. The number of likely N-dealkylation sites (tertiary alicyclic amines) is 1. The van der Waals surface area contributed by atoms with Gasteiger partial charge in [-0.1, -0.05) is 6.92 Å². The maximum atomic E-state index is 5.59. The molecule has 130 valence electrons. The number of nitrogens with one attached hydrogen (secondary N) is 2. The molecule has 0 unspecified atom stereocenters. The number of rotatable bonds is 6. The van der Waals surface area contributed by atoms with Gasteiger partial charge < -0.3 is 20.0 Å². The van der Waals surface area contributed by atoms with Crippen LogP contribution < -0.4 is 10.6 Å². The summed E-state index contributed by atoms with van der Waals surface area (Å²) in [6.07, 6.45) is 3.57. The van der Waals surface area contributed by atoms with E-state index in [1.54, 1.807) is 0 Å². The van der Waals surface area contributed by atoms with E-state index in [0.29, 0.717) is 18.5 Å². The molecule has 0 saturated carbocycles. The molecule has 0 radical (unpaired) electrons. The predicted octanol–water partition coefficient (Wildman–Crippen LogP) is 2.22. The number of hydrogen-bond donors (Lipinski definition) is 2. The minimum atomic E-state index is 0.471. The van der Waals surface area contributed by atoms with Crippen LogP contribution in [0.15, 0.2) is 9.41 Å².